The molecule has 4 fully saturated rings. The van der Waals surface area contributed by atoms with Crippen molar-refractivity contribution in [3.8, 4) is 5.75 Å². The Bertz CT molecular complexity index is 941. The Balaban J connectivity index is 1.32. The SMILES string of the molecule is COc1ccc2c(c1)CC1CCC(C2)n2c1nnc2C12CC3CC(CC(C3)C1)C2. The topological polar surface area (TPSA) is 39.9 Å². The molecule has 6 bridgehead atoms. The molecule has 0 N–H and O–H groups in total. The summed E-state index contributed by atoms with van der Waals surface area (Å²) >= 11 is 0. The van der Waals surface area contributed by atoms with Gasteiger partial charge in [0.25, 0.3) is 0 Å². The Morgan fingerprint density at radius 3 is 2.41 bits per heavy atom. The van der Waals surface area contributed by atoms with Crippen LogP contribution in [0.4, 0.5) is 0 Å². The lowest BCUT2D eigenvalue weighted by Gasteiger charge is -2.56. The zero-order chi connectivity index (χ0) is 19.2. The summed E-state index contributed by atoms with van der Waals surface area (Å²) < 4.78 is 8.19. The predicted molar refractivity (Wildman–Crippen MR) is 111 cm³/mol. The van der Waals surface area contributed by atoms with E-state index in [0.717, 1.165) is 36.3 Å². The van der Waals surface area contributed by atoms with Crippen molar-refractivity contribution in [1.29, 1.82) is 0 Å². The first kappa shape index (κ1) is 16.9. The van der Waals surface area contributed by atoms with Crippen molar-refractivity contribution in [3.63, 3.8) is 0 Å². The fourth-order valence-electron chi connectivity index (χ4n) is 8.36. The molecule has 152 valence electrons. The number of nitrogens with zero attached hydrogens (tertiary/aromatic N) is 3. The van der Waals surface area contributed by atoms with E-state index < -0.39 is 0 Å². The van der Waals surface area contributed by atoms with Gasteiger partial charge in [0.1, 0.15) is 17.4 Å². The molecular formula is C25H31N3O. The number of ether oxygens (including phenoxy) is 1. The van der Waals surface area contributed by atoms with Gasteiger partial charge in [-0.3, -0.25) is 0 Å². The summed E-state index contributed by atoms with van der Waals surface area (Å²) in [6, 6.07) is 7.24. The van der Waals surface area contributed by atoms with Crippen molar-refractivity contribution >= 4 is 0 Å². The van der Waals surface area contributed by atoms with Gasteiger partial charge in [-0.2, -0.15) is 0 Å². The van der Waals surface area contributed by atoms with Crippen LogP contribution in [0, 0.1) is 17.8 Å². The molecule has 4 saturated carbocycles. The quantitative estimate of drug-likeness (QED) is 0.728. The molecule has 3 heterocycles. The Kier molecular flexibility index (Phi) is 3.42. The van der Waals surface area contributed by atoms with Crippen molar-refractivity contribution in [2.24, 2.45) is 17.8 Å². The van der Waals surface area contributed by atoms with Crippen molar-refractivity contribution in [1.82, 2.24) is 14.8 Å². The summed E-state index contributed by atoms with van der Waals surface area (Å²) in [6.45, 7) is 0. The molecule has 1 aromatic carbocycles. The molecule has 7 aliphatic rings. The number of hydrogen-bond donors (Lipinski definition) is 0. The van der Waals surface area contributed by atoms with Crippen LogP contribution in [0.1, 0.15) is 86.1 Å². The molecule has 0 saturated heterocycles. The monoisotopic (exact) mass is 389 g/mol. The highest BCUT2D eigenvalue weighted by molar-refractivity contribution is 5.39. The lowest BCUT2D eigenvalue weighted by atomic mass is 9.49. The second kappa shape index (κ2) is 5.86. The van der Waals surface area contributed by atoms with E-state index in [1.165, 1.54) is 74.1 Å². The van der Waals surface area contributed by atoms with Crippen LogP contribution in [0.5, 0.6) is 5.75 Å². The lowest BCUT2D eigenvalue weighted by molar-refractivity contribution is -0.0123. The third-order valence-electron chi connectivity index (χ3n) is 9.15. The number of rotatable bonds is 2. The van der Waals surface area contributed by atoms with Gasteiger partial charge < -0.3 is 9.30 Å². The minimum atomic E-state index is 0.335. The van der Waals surface area contributed by atoms with Gasteiger partial charge in [-0.15, -0.1) is 10.2 Å². The number of hydrogen-bond acceptors (Lipinski definition) is 3. The zero-order valence-corrected chi connectivity index (χ0v) is 17.4. The Morgan fingerprint density at radius 2 is 1.69 bits per heavy atom. The van der Waals surface area contributed by atoms with Gasteiger partial charge in [-0.25, -0.2) is 0 Å². The molecule has 0 spiro atoms. The average Bonchev–Trinajstić information content (AvgIpc) is 3.13. The lowest BCUT2D eigenvalue weighted by Crippen LogP contribution is -2.50. The van der Waals surface area contributed by atoms with E-state index in [1.54, 1.807) is 7.11 Å². The molecule has 2 aromatic rings. The van der Waals surface area contributed by atoms with E-state index in [1.807, 2.05) is 0 Å². The van der Waals surface area contributed by atoms with Gasteiger partial charge in [0.05, 0.1) is 7.11 Å². The number of aromatic nitrogens is 3. The van der Waals surface area contributed by atoms with Crippen LogP contribution in [-0.2, 0) is 18.3 Å². The summed E-state index contributed by atoms with van der Waals surface area (Å²) in [5, 5.41) is 9.89. The van der Waals surface area contributed by atoms with Crippen molar-refractivity contribution in [3.05, 3.63) is 41.0 Å². The van der Waals surface area contributed by atoms with Crippen LogP contribution >= 0.6 is 0 Å². The second-order valence-corrected chi connectivity index (χ2v) is 10.9. The minimum Gasteiger partial charge on any atom is -0.497 e. The molecule has 2 atom stereocenters. The molecule has 2 unspecified atom stereocenters. The zero-order valence-electron chi connectivity index (χ0n) is 17.4. The summed E-state index contributed by atoms with van der Waals surface area (Å²) in [6.07, 6.45) is 13.3. The van der Waals surface area contributed by atoms with Crippen LogP contribution in [0.3, 0.4) is 0 Å². The maximum absolute atomic E-state index is 5.51. The Labute approximate surface area is 173 Å². The summed E-state index contributed by atoms with van der Waals surface area (Å²) in [5.41, 5.74) is 3.31. The van der Waals surface area contributed by atoms with E-state index >= 15 is 0 Å². The number of benzene rings is 1. The van der Waals surface area contributed by atoms with Gasteiger partial charge in [0.15, 0.2) is 0 Å². The normalized spacial score (nSPS) is 39.0. The van der Waals surface area contributed by atoms with Gasteiger partial charge in [-0.05, 0) is 105 Å². The van der Waals surface area contributed by atoms with E-state index in [2.05, 4.69) is 22.8 Å². The van der Waals surface area contributed by atoms with E-state index in [4.69, 9.17) is 14.9 Å². The molecule has 9 rings (SSSR count). The van der Waals surface area contributed by atoms with Crippen LogP contribution in [0.25, 0.3) is 0 Å². The maximum Gasteiger partial charge on any atom is 0.139 e. The molecule has 5 aliphatic carbocycles. The molecular weight excluding hydrogens is 358 g/mol. The van der Waals surface area contributed by atoms with Crippen LogP contribution in [0.15, 0.2) is 18.2 Å². The van der Waals surface area contributed by atoms with Crippen LogP contribution < -0.4 is 4.74 Å². The number of methoxy groups -OCH3 is 1. The van der Waals surface area contributed by atoms with Crippen LogP contribution in [0.2, 0.25) is 0 Å². The maximum atomic E-state index is 5.51. The third-order valence-corrected chi connectivity index (χ3v) is 9.15. The molecule has 4 heteroatoms. The molecule has 4 nitrogen and oxygen atoms in total. The fraction of sp³-hybridized carbons (Fsp3) is 0.680. The minimum absolute atomic E-state index is 0.335. The largest absolute Gasteiger partial charge is 0.497 e. The molecule has 1 aromatic heterocycles. The first-order valence-corrected chi connectivity index (χ1v) is 11.8. The van der Waals surface area contributed by atoms with Crippen molar-refractivity contribution < 1.29 is 4.74 Å². The van der Waals surface area contributed by atoms with E-state index in [0.29, 0.717) is 17.4 Å². The molecule has 0 radical (unpaired) electrons. The van der Waals surface area contributed by atoms with E-state index in [-0.39, 0.29) is 0 Å². The van der Waals surface area contributed by atoms with Gasteiger partial charge in [0.2, 0.25) is 0 Å². The van der Waals surface area contributed by atoms with Crippen LogP contribution in [-0.4, -0.2) is 21.9 Å². The van der Waals surface area contributed by atoms with Gasteiger partial charge in [-0.1, -0.05) is 6.07 Å². The third kappa shape index (κ3) is 2.38. The highest BCUT2D eigenvalue weighted by atomic mass is 16.5. The second-order valence-electron chi connectivity index (χ2n) is 10.9. The summed E-state index contributed by atoms with van der Waals surface area (Å²) in [5.74, 6) is 7.02. The first-order valence-electron chi connectivity index (χ1n) is 11.8. The van der Waals surface area contributed by atoms with Gasteiger partial charge >= 0.3 is 0 Å². The van der Waals surface area contributed by atoms with E-state index in [9.17, 15) is 0 Å². The number of fused-ring (bicyclic) bond motifs is 1. The summed E-state index contributed by atoms with van der Waals surface area (Å²) in [7, 11) is 1.77. The molecule has 29 heavy (non-hydrogen) atoms. The smallest absolute Gasteiger partial charge is 0.139 e. The first-order chi connectivity index (χ1) is 14.2. The Hall–Kier alpha value is -1.84. The van der Waals surface area contributed by atoms with Crippen molar-refractivity contribution in [2.75, 3.05) is 7.11 Å². The summed E-state index contributed by atoms with van der Waals surface area (Å²) in [4.78, 5) is 0. The van der Waals surface area contributed by atoms with Crippen molar-refractivity contribution in [2.45, 2.75) is 81.6 Å². The highest BCUT2D eigenvalue weighted by Crippen LogP contribution is 2.61. The van der Waals surface area contributed by atoms with Gasteiger partial charge in [0, 0.05) is 17.4 Å². The molecule has 0 amide bonds. The average molecular weight is 390 g/mol. The predicted octanol–water partition coefficient (Wildman–Crippen LogP) is 4.97. The standard InChI is InChI=1S/C25H31N3O/c1-29-22-5-3-18-10-21-4-2-19(9-20(18)11-22)23-26-27-24(28(21)23)25-12-15-6-16(13-25)8-17(7-15)14-25/h3,5,11,15-17,19,21H,2,4,6-10,12-14H2,1H3. The molecule has 2 aliphatic heterocycles. The highest BCUT2D eigenvalue weighted by Gasteiger charge is 2.54. The Morgan fingerprint density at radius 1 is 0.931 bits per heavy atom. The fourth-order valence-corrected chi connectivity index (χ4v) is 8.36.